The van der Waals surface area contributed by atoms with Crippen molar-refractivity contribution >= 4 is 5.91 Å². The molecule has 3 aliphatic rings. The Morgan fingerprint density at radius 3 is 2.41 bits per heavy atom. The number of carbonyl (C=O) groups is 1. The predicted octanol–water partition coefficient (Wildman–Crippen LogP) is 0.539. The number of nitrogens with zero attached hydrogens (tertiary/aromatic N) is 2. The SMILES string of the molecule is CCN(CC)C(=O)CNC1CN2CCC1CC2. The number of hydrogen-bond acceptors (Lipinski definition) is 3. The summed E-state index contributed by atoms with van der Waals surface area (Å²) in [7, 11) is 0. The van der Waals surface area contributed by atoms with Crippen LogP contribution in [0.5, 0.6) is 0 Å². The Morgan fingerprint density at radius 2 is 1.94 bits per heavy atom. The van der Waals surface area contributed by atoms with Gasteiger partial charge in [-0.3, -0.25) is 4.79 Å². The van der Waals surface area contributed by atoms with Crippen LogP contribution in [0.2, 0.25) is 0 Å². The third-order valence-corrected chi connectivity index (χ3v) is 4.29. The second-order valence-electron chi connectivity index (χ2n) is 5.19. The first-order valence-corrected chi connectivity index (χ1v) is 6.98. The molecule has 3 aliphatic heterocycles. The van der Waals surface area contributed by atoms with E-state index in [1.807, 2.05) is 18.7 Å². The fourth-order valence-electron chi connectivity index (χ4n) is 3.10. The topological polar surface area (TPSA) is 35.6 Å². The zero-order valence-corrected chi connectivity index (χ0v) is 11.1. The van der Waals surface area contributed by atoms with Crippen molar-refractivity contribution in [2.45, 2.75) is 32.7 Å². The van der Waals surface area contributed by atoms with E-state index in [0.717, 1.165) is 25.6 Å². The Labute approximate surface area is 104 Å². The average Bonchev–Trinajstić information content (AvgIpc) is 2.39. The monoisotopic (exact) mass is 239 g/mol. The molecule has 4 heteroatoms. The second kappa shape index (κ2) is 5.83. The molecule has 1 unspecified atom stereocenters. The van der Waals surface area contributed by atoms with E-state index in [-0.39, 0.29) is 5.91 Å². The molecule has 0 aromatic carbocycles. The highest BCUT2D eigenvalue weighted by molar-refractivity contribution is 5.78. The van der Waals surface area contributed by atoms with Gasteiger partial charge in [0.2, 0.25) is 5.91 Å². The molecule has 0 radical (unpaired) electrons. The lowest BCUT2D eigenvalue weighted by Gasteiger charge is -2.45. The molecule has 3 fully saturated rings. The van der Waals surface area contributed by atoms with Crippen LogP contribution in [0.4, 0.5) is 0 Å². The maximum Gasteiger partial charge on any atom is 0.236 e. The molecule has 1 N–H and O–H groups in total. The molecule has 3 saturated heterocycles. The van der Waals surface area contributed by atoms with Crippen LogP contribution in [-0.4, -0.2) is 61.0 Å². The van der Waals surface area contributed by atoms with Gasteiger partial charge in [0.1, 0.15) is 0 Å². The number of fused-ring (bicyclic) bond motifs is 3. The molecule has 17 heavy (non-hydrogen) atoms. The van der Waals surface area contributed by atoms with Crippen molar-refractivity contribution in [3.05, 3.63) is 0 Å². The third kappa shape index (κ3) is 2.99. The summed E-state index contributed by atoms with van der Waals surface area (Å²) in [5, 5.41) is 3.47. The number of likely N-dealkylation sites (N-methyl/N-ethyl adjacent to an activating group) is 1. The smallest absolute Gasteiger partial charge is 0.236 e. The Hall–Kier alpha value is -0.610. The highest BCUT2D eigenvalue weighted by Gasteiger charge is 2.33. The third-order valence-electron chi connectivity index (χ3n) is 4.29. The van der Waals surface area contributed by atoms with Crippen LogP contribution >= 0.6 is 0 Å². The largest absolute Gasteiger partial charge is 0.342 e. The summed E-state index contributed by atoms with van der Waals surface area (Å²) in [6, 6.07) is 0.539. The van der Waals surface area contributed by atoms with Crippen LogP contribution in [0.25, 0.3) is 0 Å². The molecular formula is C13H25N3O. The Bertz CT molecular complexity index is 257. The van der Waals surface area contributed by atoms with Gasteiger partial charge < -0.3 is 15.1 Å². The summed E-state index contributed by atoms with van der Waals surface area (Å²) < 4.78 is 0. The van der Waals surface area contributed by atoms with Crippen LogP contribution in [0, 0.1) is 5.92 Å². The summed E-state index contributed by atoms with van der Waals surface area (Å²) in [6.45, 7) is 9.87. The quantitative estimate of drug-likeness (QED) is 0.760. The molecule has 3 rings (SSSR count). The minimum atomic E-state index is 0.242. The zero-order valence-electron chi connectivity index (χ0n) is 11.1. The Kier molecular flexibility index (Phi) is 4.40. The molecule has 4 nitrogen and oxygen atoms in total. The van der Waals surface area contributed by atoms with E-state index in [9.17, 15) is 4.79 Å². The lowest BCUT2D eigenvalue weighted by atomic mass is 9.84. The first-order valence-electron chi connectivity index (χ1n) is 6.98. The zero-order chi connectivity index (χ0) is 12.3. The molecule has 0 aromatic rings. The Morgan fingerprint density at radius 1 is 1.29 bits per heavy atom. The van der Waals surface area contributed by atoms with Crippen molar-refractivity contribution < 1.29 is 4.79 Å². The van der Waals surface area contributed by atoms with Crippen LogP contribution in [0.15, 0.2) is 0 Å². The van der Waals surface area contributed by atoms with Crippen molar-refractivity contribution in [1.82, 2.24) is 15.1 Å². The maximum absolute atomic E-state index is 11.9. The van der Waals surface area contributed by atoms with E-state index in [2.05, 4.69) is 10.2 Å². The van der Waals surface area contributed by atoms with E-state index in [1.165, 1.54) is 25.9 Å². The highest BCUT2D eigenvalue weighted by Crippen LogP contribution is 2.27. The summed E-state index contributed by atoms with van der Waals surface area (Å²) in [4.78, 5) is 16.3. The van der Waals surface area contributed by atoms with Crippen molar-refractivity contribution in [3.63, 3.8) is 0 Å². The predicted molar refractivity (Wildman–Crippen MR) is 68.9 cm³/mol. The maximum atomic E-state index is 11.9. The number of amides is 1. The van der Waals surface area contributed by atoms with Crippen molar-refractivity contribution in [2.24, 2.45) is 5.92 Å². The summed E-state index contributed by atoms with van der Waals surface area (Å²) in [5.41, 5.74) is 0. The van der Waals surface area contributed by atoms with E-state index in [0.29, 0.717) is 12.6 Å². The molecule has 98 valence electrons. The van der Waals surface area contributed by atoms with Gasteiger partial charge in [-0.05, 0) is 45.7 Å². The number of piperidine rings is 3. The standard InChI is InChI=1S/C13H25N3O/c1-3-16(4-2)13(17)9-14-12-10-15-7-5-11(12)6-8-15/h11-12,14H,3-10H2,1-2H3. The normalized spacial score (nSPS) is 31.5. The first-order chi connectivity index (χ1) is 8.24. The minimum absolute atomic E-state index is 0.242. The van der Waals surface area contributed by atoms with Gasteiger partial charge in [-0.1, -0.05) is 0 Å². The molecule has 3 heterocycles. The van der Waals surface area contributed by atoms with Crippen LogP contribution in [0.1, 0.15) is 26.7 Å². The van der Waals surface area contributed by atoms with Crippen molar-refractivity contribution in [2.75, 3.05) is 39.3 Å². The fourth-order valence-corrected chi connectivity index (χ4v) is 3.10. The molecular weight excluding hydrogens is 214 g/mol. The van der Waals surface area contributed by atoms with E-state index in [4.69, 9.17) is 0 Å². The molecule has 0 saturated carbocycles. The molecule has 2 bridgehead atoms. The fraction of sp³-hybridized carbons (Fsp3) is 0.923. The van der Waals surface area contributed by atoms with E-state index >= 15 is 0 Å². The first kappa shape index (κ1) is 12.8. The molecule has 1 atom stereocenters. The molecule has 0 aromatic heterocycles. The minimum Gasteiger partial charge on any atom is -0.342 e. The number of rotatable bonds is 5. The number of nitrogens with one attached hydrogen (secondary N) is 1. The molecule has 1 amide bonds. The van der Waals surface area contributed by atoms with Gasteiger partial charge in [0.15, 0.2) is 0 Å². The molecule has 0 spiro atoms. The summed E-state index contributed by atoms with van der Waals surface area (Å²) >= 11 is 0. The van der Waals surface area contributed by atoms with Crippen molar-refractivity contribution in [1.29, 1.82) is 0 Å². The highest BCUT2D eigenvalue weighted by atomic mass is 16.2. The van der Waals surface area contributed by atoms with Gasteiger partial charge in [-0.2, -0.15) is 0 Å². The number of hydrogen-bond donors (Lipinski definition) is 1. The van der Waals surface area contributed by atoms with Crippen LogP contribution in [-0.2, 0) is 4.79 Å². The lowest BCUT2D eigenvalue weighted by Crippen LogP contribution is -2.57. The van der Waals surface area contributed by atoms with Gasteiger partial charge in [0.25, 0.3) is 0 Å². The van der Waals surface area contributed by atoms with Gasteiger partial charge in [0.05, 0.1) is 6.54 Å². The number of carbonyl (C=O) groups excluding carboxylic acids is 1. The Balaban J connectivity index is 1.76. The lowest BCUT2D eigenvalue weighted by molar-refractivity contribution is -0.130. The van der Waals surface area contributed by atoms with Crippen molar-refractivity contribution in [3.8, 4) is 0 Å². The molecule has 0 aliphatic carbocycles. The van der Waals surface area contributed by atoms with Crippen LogP contribution < -0.4 is 5.32 Å². The van der Waals surface area contributed by atoms with Gasteiger partial charge in [-0.25, -0.2) is 0 Å². The van der Waals surface area contributed by atoms with Gasteiger partial charge in [0, 0.05) is 25.7 Å². The summed E-state index contributed by atoms with van der Waals surface area (Å²) in [5.74, 6) is 1.04. The van der Waals surface area contributed by atoms with Gasteiger partial charge >= 0.3 is 0 Å². The van der Waals surface area contributed by atoms with Gasteiger partial charge in [-0.15, -0.1) is 0 Å². The second-order valence-corrected chi connectivity index (χ2v) is 5.19. The van der Waals surface area contributed by atoms with E-state index in [1.54, 1.807) is 0 Å². The summed E-state index contributed by atoms with van der Waals surface area (Å²) in [6.07, 6.45) is 2.61. The van der Waals surface area contributed by atoms with E-state index < -0.39 is 0 Å². The van der Waals surface area contributed by atoms with Crippen LogP contribution in [0.3, 0.4) is 0 Å². The average molecular weight is 239 g/mol.